The number of hydrogen-bond donors (Lipinski definition) is 2. The Kier molecular flexibility index (Phi) is 8.44. The Morgan fingerprint density at radius 3 is 2.56 bits per heavy atom. The zero-order valence-electron chi connectivity index (χ0n) is 16.9. The quantitative estimate of drug-likeness (QED) is 0.537. The summed E-state index contributed by atoms with van der Waals surface area (Å²) in [4.78, 5) is 8.87. The van der Waals surface area contributed by atoms with Gasteiger partial charge in [0.25, 0.3) is 0 Å². The first-order valence-corrected chi connectivity index (χ1v) is 9.84. The molecule has 1 aromatic rings. The van der Waals surface area contributed by atoms with Crippen molar-refractivity contribution in [3.8, 4) is 0 Å². The third-order valence-corrected chi connectivity index (χ3v) is 5.13. The van der Waals surface area contributed by atoms with Gasteiger partial charge >= 0.3 is 0 Å². The summed E-state index contributed by atoms with van der Waals surface area (Å²) < 4.78 is 28.4. The zero-order chi connectivity index (χ0) is 19.8. The summed E-state index contributed by atoms with van der Waals surface area (Å²) in [7, 11) is 3.62. The van der Waals surface area contributed by atoms with Gasteiger partial charge in [0, 0.05) is 24.7 Å². The molecule has 0 radical (unpaired) electrons. The molecular weight excluding hydrogens is 348 g/mol. The summed E-state index contributed by atoms with van der Waals surface area (Å²) >= 11 is 0. The minimum atomic E-state index is -0.536. The SMILES string of the molecule is CCNC(=NCC(c1c(F)cccc1F)N(C)C)NCC1CCCN1CC. The first kappa shape index (κ1) is 21.6. The summed E-state index contributed by atoms with van der Waals surface area (Å²) in [6, 6.07) is 4.01. The Bertz CT molecular complexity index is 600. The minimum Gasteiger partial charge on any atom is -0.357 e. The molecule has 1 aliphatic rings. The fraction of sp³-hybridized carbons (Fsp3) is 0.650. The van der Waals surface area contributed by atoms with Crippen molar-refractivity contribution in [1.82, 2.24) is 20.4 Å². The smallest absolute Gasteiger partial charge is 0.191 e. The van der Waals surface area contributed by atoms with Crippen molar-refractivity contribution in [2.45, 2.75) is 38.8 Å². The number of likely N-dealkylation sites (tertiary alicyclic amines) is 1. The van der Waals surface area contributed by atoms with E-state index in [1.54, 1.807) is 4.90 Å². The van der Waals surface area contributed by atoms with E-state index < -0.39 is 17.7 Å². The fourth-order valence-electron chi connectivity index (χ4n) is 3.62. The van der Waals surface area contributed by atoms with E-state index in [0.29, 0.717) is 12.0 Å². The molecule has 5 nitrogen and oxygen atoms in total. The molecule has 152 valence electrons. The van der Waals surface area contributed by atoms with Crippen LogP contribution in [0, 0.1) is 11.6 Å². The fourth-order valence-corrected chi connectivity index (χ4v) is 3.62. The highest BCUT2D eigenvalue weighted by Gasteiger charge is 2.24. The molecule has 0 amide bonds. The Balaban J connectivity index is 2.08. The number of halogens is 2. The molecular formula is C20H33F2N5. The molecule has 0 saturated carbocycles. The molecule has 27 heavy (non-hydrogen) atoms. The van der Waals surface area contributed by atoms with Crippen LogP contribution in [0.4, 0.5) is 8.78 Å². The van der Waals surface area contributed by atoms with Crippen molar-refractivity contribution in [1.29, 1.82) is 0 Å². The molecule has 2 unspecified atom stereocenters. The molecule has 2 N–H and O–H groups in total. The maximum atomic E-state index is 14.2. The van der Waals surface area contributed by atoms with Crippen LogP contribution in [0.2, 0.25) is 0 Å². The normalized spacial score (nSPS) is 19.5. The Morgan fingerprint density at radius 2 is 1.96 bits per heavy atom. The number of rotatable bonds is 8. The first-order valence-electron chi connectivity index (χ1n) is 9.84. The summed E-state index contributed by atoms with van der Waals surface area (Å²) in [5.41, 5.74) is 0.0649. The van der Waals surface area contributed by atoms with Crippen molar-refractivity contribution < 1.29 is 8.78 Å². The Hall–Kier alpha value is -1.73. The number of benzene rings is 1. The number of aliphatic imine (C=N–C) groups is 1. The molecule has 2 atom stereocenters. The molecule has 1 aromatic carbocycles. The Labute approximate surface area is 161 Å². The van der Waals surface area contributed by atoms with Crippen LogP contribution in [-0.2, 0) is 0 Å². The summed E-state index contributed by atoms with van der Waals surface area (Å²) in [5, 5.41) is 6.62. The van der Waals surface area contributed by atoms with Crippen molar-refractivity contribution in [2.24, 2.45) is 4.99 Å². The number of nitrogens with one attached hydrogen (secondary N) is 2. The van der Waals surface area contributed by atoms with Gasteiger partial charge in [-0.3, -0.25) is 9.89 Å². The summed E-state index contributed by atoms with van der Waals surface area (Å²) in [6.07, 6.45) is 2.41. The molecule has 1 heterocycles. The summed E-state index contributed by atoms with van der Waals surface area (Å²) in [5.74, 6) is -0.387. The van der Waals surface area contributed by atoms with Crippen molar-refractivity contribution >= 4 is 5.96 Å². The lowest BCUT2D eigenvalue weighted by Gasteiger charge is -2.26. The predicted octanol–water partition coefficient (Wildman–Crippen LogP) is 2.61. The van der Waals surface area contributed by atoms with Crippen molar-refractivity contribution in [3.05, 3.63) is 35.4 Å². The Morgan fingerprint density at radius 1 is 1.26 bits per heavy atom. The van der Waals surface area contributed by atoms with Crippen LogP contribution >= 0.6 is 0 Å². The molecule has 0 bridgehead atoms. The van der Waals surface area contributed by atoms with E-state index in [-0.39, 0.29) is 12.1 Å². The van der Waals surface area contributed by atoms with Gasteiger partial charge in [0.05, 0.1) is 12.6 Å². The van der Waals surface area contributed by atoms with Gasteiger partial charge in [-0.2, -0.15) is 0 Å². The highest BCUT2D eigenvalue weighted by Crippen LogP contribution is 2.24. The van der Waals surface area contributed by atoms with E-state index >= 15 is 0 Å². The number of guanidine groups is 1. The van der Waals surface area contributed by atoms with Crippen molar-refractivity contribution in [3.63, 3.8) is 0 Å². The van der Waals surface area contributed by atoms with Gasteiger partial charge < -0.3 is 15.5 Å². The first-order chi connectivity index (χ1) is 13.0. The van der Waals surface area contributed by atoms with E-state index in [1.165, 1.54) is 31.0 Å². The highest BCUT2D eigenvalue weighted by molar-refractivity contribution is 5.79. The molecule has 0 aromatic heterocycles. The van der Waals surface area contributed by atoms with Gasteiger partial charge in [0.1, 0.15) is 11.6 Å². The summed E-state index contributed by atoms with van der Waals surface area (Å²) in [6.45, 7) is 8.20. The lowest BCUT2D eigenvalue weighted by Crippen LogP contribution is -2.45. The highest BCUT2D eigenvalue weighted by atomic mass is 19.1. The van der Waals surface area contributed by atoms with E-state index in [1.807, 2.05) is 21.0 Å². The van der Waals surface area contributed by atoms with E-state index in [4.69, 9.17) is 0 Å². The molecule has 1 aliphatic heterocycles. The predicted molar refractivity (Wildman–Crippen MR) is 107 cm³/mol. The van der Waals surface area contributed by atoms with E-state index in [0.717, 1.165) is 26.2 Å². The van der Waals surface area contributed by atoms with Crippen LogP contribution < -0.4 is 10.6 Å². The largest absolute Gasteiger partial charge is 0.357 e. The van der Waals surface area contributed by atoms with Crippen LogP contribution in [0.25, 0.3) is 0 Å². The second-order valence-electron chi connectivity index (χ2n) is 7.14. The van der Waals surface area contributed by atoms with Crippen LogP contribution in [0.3, 0.4) is 0 Å². The zero-order valence-corrected chi connectivity index (χ0v) is 16.9. The number of likely N-dealkylation sites (N-methyl/N-ethyl adjacent to an activating group) is 2. The number of nitrogens with zero attached hydrogens (tertiary/aromatic N) is 3. The van der Waals surface area contributed by atoms with E-state index in [2.05, 4.69) is 27.4 Å². The topological polar surface area (TPSA) is 42.9 Å². The molecule has 0 spiro atoms. The maximum Gasteiger partial charge on any atom is 0.191 e. The van der Waals surface area contributed by atoms with Crippen LogP contribution in [0.5, 0.6) is 0 Å². The van der Waals surface area contributed by atoms with Crippen LogP contribution in [0.15, 0.2) is 23.2 Å². The molecule has 7 heteroatoms. The standard InChI is InChI=1S/C20H33F2N5/c1-5-23-20(24-13-15-9-8-12-27(15)6-2)25-14-18(26(3)4)19-16(21)10-7-11-17(19)22/h7,10-11,15,18H,5-6,8-9,12-14H2,1-4H3,(H2,23,24,25). The third-order valence-electron chi connectivity index (χ3n) is 5.13. The second-order valence-corrected chi connectivity index (χ2v) is 7.14. The van der Waals surface area contributed by atoms with Gasteiger partial charge in [0.15, 0.2) is 5.96 Å². The number of hydrogen-bond acceptors (Lipinski definition) is 3. The maximum absolute atomic E-state index is 14.2. The van der Waals surface area contributed by atoms with Gasteiger partial charge in [-0.05, 0) is 59.1 Å². The van der Waals surface area contributed by atoms with Gasteiger partial charge in [0.2, 0.25) is 0 Å². The average Bonchev–Trinajstić information content (AvgIpc) is 3.09. The van der Waals surface area contributed by atoms with Gasteiger partial charge in [-0.1, -0.05) is 13.0 Å². The molecule has 0 aliphatic carbocycles. The van der Waals surface area contributed by atoms with E-state index in [9.17, 15) is 8.78 Å². The minimum absolute atomic E-state index is 0.0649. The van der Waals surface area contributed by atoms with Gasteiger partial charge in [-0.25, -0.2) is 8.78 Å². The average molecular weight is 382 g/mol. The van der Waals surface area contributed by atoms with Crippen LogP contribution in [0.1, 0.15) is 38.3 Å². The lowest BCUT2D eigenvalue weighted by atomic mass is 10.0. The molecule has 1 saturated heterocycles. The monoisotopic (exact) mass is 381 g/mol. The third kappa shape index (κ3) is 5.87. The van der Waals surface area contributed by atoms with Gasteiger partial charge in [-0.15, -0.1) is 0 Å². The lowest BCUT2D eigenvalue weighted by molar-refractivity contribution is 0.266. The van der Waals surface area contributed by atoms with Crippen molar-refractivity contribution in [2.75, 3.05) is 46.8 Å². The molecule has 2 rings (SSSR count). The second kappa shape index (κ2) is 10.6. The van der Waals surface area contributed by atoms with Crippen LogP contribution in [-0.4, -0.2) is 68.6 Å². The molecule has 1 fully saturated rings.